The molecule has 0 bridgehead atoms. The summed E-state index contributed by atoms with van der Waals surface area (Å²) in [6.07, 6.45) is 4.60. The first-order chi connectivity index (χ1) is 6.49. The van der Waals surface area contributed by atoms with Gasteiger partial charge in [-0.3, -0.25) is 4.31 Å². The zero-order valence-electron chi connectivity index (χ0n) is 9.25. The SMILES string of the molecule is C=C(C)/C=C\C(=C)N(C)S(=O)CCC. The van der Waals surface area contributed by atoms with Crippen LogP contribution in [-0.4, -0.2) is 21.3 Å². The first-order valence-corrected chi connectivity index (χ1v) is 5.91. The van der Waals surface area contributed by atoms with Gasteiger partial charge in [-0.15, -0.1) is 0 Å². The van der Waals surface area contributed by atoms with Crippen molar-refractivity contribution in [3.05, 3.63) is 36.6 Å². The fourth-order valence-electron chi connectivity index (χ4n) is 0.786. The Hall–Kier alpha value is -0.830. The minimum atomic E-state index is -0.957. The first kappa shape index (κ1) is 13.2. The molecule has 1 atom stereocenters. The van der Waals surface area contributed by atoms with Gasteiger partial charge in [-0.1, -0.05) is 31.7 Å². The molecule has 0 rings (SSSR count). The highest BCUT2D eigenvalue weighted by molar-refractivity contribution is 7.82. The van der Waals surface area contributed by atoms with E-state index in [4.69, 9.17) is 0 Å². The molecule has 1 unspecified atom stereocenters. The van der Waals surface area contributed by atoms with Crippen molar-refractivity contribution in [1.82, 2.24) is 4.31 Å². The Kier molecular flexibility index (Phi) is 6.21. The Morgan fingerprint density at radius 2 is 2.00 bits per heavy atom. The molecule has 3 heteroatoms. The van der Waals surface area contributed by atoms with Gasteiger partial charge in [0.25, 0.3) is 0 Å². The third kappa shape index (κ3) is 5.02. The van der Waals surface area contributed by atoms with E-state index in [2.05, 4.69) is 13.2 Å². The predicted octanol–water partition coefficient (Wildman–Crippen LogP) is 2.64. The van der Waals surface area contributed by atoms with Crippen molar-refractivity contribution in [1.29, 1.82) is 0 Å². The van der Waals surface area contributed by atoms with Crippen molar-refractivity contribution < 1.29 is 4.21 Å². The highest BCUT2D eigenvalue weighted by Gasteiger charge is 2.05. The average Bonchev–Trinajstić information content (AvgIpc) is 2.13. The summed E-state index contributed by atoms with van der Waals surface area (Å²) in [4.78, 5) is 0. The van der Waals surface area contributed by atoms with E-state index in [0.717, 1.165) is 17.7 Å². The minimum absolute atomic E-state index is 0.677. The van der Waals surface area contributed by atoms with Crippen molar-refractivity contribution >= 4 is 11.0 Å². The lowest BCUT2D eigenvalue weighted by Gasteiger charge is -2.17. The maximum absolute atomic E-state index is 11.5. The van der Waals surface area contributed by atoms with Crippen molar-refractivity contribution in [2.45, 2.75) is 20.3 Å². The second-order valence-electron chi connectivity index (χ2n) is 3.19. The second kappa shape index (κ2) is 6.60. The van der Waals surface area contributed by atoms with Crippen LogP contribution in [0.2, 0.25) is 0 Å². The topological polar surface area (TPSA) is 20.3 Å². The molecule has 0 aromatic rings. The molecule has 0 amide bonds. The first-order valence-electron chi connectivity index (χ1n) is 4.63. The van der Waals surface area contributed by atoms with Crippen LogP contribution in [0.1, 0.15) is 20.3 Å². The molecule has 0 aliphatic heterocycles. The van der Waals surface area contributed by atoms with Crippen LogP contribution in [0.3, 0.4) is 0 Å². The van der Waals surface area contributed by atoms with Crippen molar-refractivity contribution in [2.75, 3.05) is 12.8 Å². The molecule has 0 heterocycles. The van der Waals surface area contributed by atoms with Gasteiger partial charge in [0.2, 0.25) is 0 Å². The molecule has 0 spiro atoms. The van der Waals surface area contributed by atoms with Crippen molar-refractivity contribution in [2.24, 2.45) is 0 Å². The van der Waals surface area contributed by atoms with Gasteiger partial charge >= 0.3 is 0 Å². The van der Waals surface area contributed by atoms with E-state index in [1.54, 1.807) is 11.4 Å². The summed E-state index contributed by atoms with van der Waals surface area (Å²) in [5.41, 5.74) is 1.71. The van der Waals surface area contributed by atoms with Crippen LogP contribution in [-0.2, 0) is 11.0 Å². The summed E-state index contributed by atoms with van der Waals surface area (Å²) in [5.74, 6) is 0.677. The number of hydrogen-bond acceptors (Lipinski definition) is 1. The maximum atomic E-state index is 11.5. The number of allylic oxidation sites excluding steroid dienone is 3. The summed E-state index contributed by atoms with van der Waals surface area (Å²) in [6.45, 7) is 11.5. The summed E-state index contributed by atoms with van der Waals surface area (Å²) >= 11 is 0. The Bertz CT molecular complexity index is 268. The molecule has 0 aromatic carbocycles. The zero-order chi connectivity index (χ0) is 11.1. The minimum Gasteiger partial charge on any atom is -0.295 e. The normalized spacial score (nSPS) is 12.8. The molecular weight excluding hydrogens is 194 g/mol. The number of hydrogen-bond donors (Lipinski definition) is 0. The fraction of sp³-hybridized carbons (Fsp3) is 0.455. The lowest BCUT2D eigenvalue weighted by Crippen LogP contribution is -2.21. The number of likely N-dealkylation sites (N-methyl/N-ethyl adjacent to an activating group) is 1. The third-order valence-corrected chi connectivity index (χ3v) is 3.25. The van der Waals surface area contributed by atoms with Crippen LogP contribution >= 0.6 is 0 Å². The number of rotatable bonds is 6. The molecule has 0 aliphatic carbocycles. The molecule has 0 saturated carbocycles. The van der Waals surface area contributed by atoms with Gasteiger partial charge in [-0.2, -0.15) is 0 Å². The highest BCUT2D eigenvalue weighted by atomic mass is 32.2. The summed E-state index contributed by atoms with van der Waals surface area (Å²) in [5, 5.41) is 0. The smallest absolute Gasteiger partial charge is 0.119 e. The van der Waals surface area contributed by atoms with E-state index in [1.165, 1.54) is 0 Å². The average molecular weight is 213 g/mol. The Morgan fingerprint density at radius 3 is 2.43 bits per heavy atom. The molecular formula is C11H19NOS. The van der Waals surface area contributed by atoms with Gasteiger partial charge in [0, 0.05) is 18.5 Å². The fourth-order valence-corrected chi connectivity index (χ4v) is 1.73. The summed E-state index contributed by atoms with van der Waals surface area (Å²) in [6, 6.07) is 0. The van der Waals surface area contributed by atoms with Crippen molar-refractivity contribution in [3.8, 4) is 0 Å². The molecule has 0 saturated heterocycles. The molecule has 0 fully saturated rings. The molecule has 0 N–H and O–H groups in total. The third-order valence-electron chi connectivity index (χ3n) is 1.65. The van der Waals surface area contributed by atoms with Crippen molar-refractivity contribution in [3.63, 3.8) is 0 Å². The van der Waals surface area contributed by atoms with E-state index < -0.39 is 11.0 Å². The zero-order valence-corrected chi connectivity index (χ0v) is 10.1. The van der Waals surface area contributed by atoms with Gasteiger partial charge < -0.3 is 0 Å². The van der Waals surface area contributed by atoms with E-state index in [-0.39, 0.29) is 0 Å². The van der Waals surface area contributed by atoms with Crippen LogP contribution in [0, 0.1) is 0 Å². The van der Waals surface area contributed by atoms with E-state index in [0.29, 0.717) is 5.75 Å². The van der Waals surface area contributed by atoms with E-state index in [1.807, 2.05) is 26.0 Å². The summed E-state index contributed by atoms with van der Waals surface area (Å²) < 4.78 is 13.2. The highest BCUT2D eigenvalue weighted by Crippen LogP contribution is 2.06. The van der Waals surface area contributed by atoms with Gasteiger partial charge in [0.05, 0.1) is 0 Å². The maximum Gasteiger partial charge on any atom is 0.119 e. The quantitative estimate of drug-likeness (QED) is 0.621. The lowest BCUT2D eigenvalue weighted by molar-refractivity contribution is 0.614. The second-order valence-corrected chi connectivity index (χ2v) is 4.79. The number of nitrogens with zero attached hydrogens (tertiary/aromatic N) is 1. The molecule has 2 nitrogen and oxygen atoms in total. The monoisotopic (exact) mass is 213 g/mol. The van der Waals surface area contributed by atoms with Crippen LogP contribution in [0.4, 0.5) is 0 Å². The standard InChI is InChI=1S/C11H19NOS/c1-6-9-14(13)12(5)11(4)8-7-10(2)3/h7-8H,2,4,6,9H2,1,3,5H3/b8-7-. The molecule has 0 radical (unpaired) electrons. The molecule has 0 aliphatic rings. The lowest BCUT2D eigenvalue weighted by atomic mass is 10.3. The predicted molar refractivity (Wildman–Crippen MR) is 64.2 cm³/mol. The molecule has 80 valence electrons. The molecule has 0 aromatic heterocycles. The van der Waals surface area contributed by atoms with Crippen LogP contribution in [0.25, 0.3) is 0 Å². The summed E-state index contributed by atoms with van der Waals surface area (Å²) in [7, 11) is 0.832. The van der Waals surface area contributed by atoms with Gasteiger partial charge in [-0.05, 0) is 19.4 Å². The van der Waals surface area contributed by atoms with Crippen LogP contribution in [0.15, 0.2) is 36.6 Å². The van der Waals surface area contributed by atoms with Gasteiger partial charge in [0.15, 0.2) is 0 Å². The van der Waals surface area contributed by atoms with Gasteiger partial charge in [-0.25, -0.2) is 4.21 Å². The van der Waals surface area contributed by atoms with Crippen LogP contribution in [0.5, 0.6) is 0 Å². The Balaban J connectivity index is 4.25. The Morgan fingerprint density at radius 1 is 1.43 bits per heavy atom. The van der Waals surface area contributed by atoms with E-state index >= 15 is 0 Å². The molecule has 14 heavy (non-hydrogen) atoms. The van der Waals surface area contributed by atoms with E-state index in [9.17, 15) is 4.21 Å². The largest absolute Gasteiger partial charge is 0.295 e. The Labute approximate surface area is 89.6 Å². The van der Waals surface area contributed by atoms with Crippen LogP contribution < -0.4 is 0 Å². The van der Waals surface area contributed by atoms with Gasteiger partial charge in [0.1, 0.15) is 11.0 Å².